The topological polar surface area (TPSA) is 68.1 Å². The van der Waals surface area contributed by atoms with E-state index < -0.39 is 10.7 Å². The predicted octanol–water partition coefficient (Wildman–Crippen LogP) is 3.84. The highest BCUT2D eigenvalue weighted by Crippen LogP contribution is 2.31. The number of nitro groups is 1. The first-order valence-electron chi connectivity index (χ1n) is 6.46. The Morgan fingerprint density at radius 2 is 2.10 bits per heavy atom. The fourth-order valence-electron chi connectivity index (χ4n) is 2.14. The van der Waals surface area contributed by atoms with Crippen molar-refractivity contribution in [2.24, 2.45) is 0 Å². The molecule has 0 unspecified atom stereocenters. The van der Waals surface area contributed by atoms with Gasteiger partial charge >= 0.3 is 0 Å². The maximum Gasteiger partial charge on any atom is 0.298 e. The molecule has 2 aromatic rings. The summed E-state index contributed by atoms with van der Waals surface area (Å²) in [4.78, 5) is 14.8. The first-order valence-corrected chi connectivity index (χ1v) is 6.46. The van der Waals surface area contributed by atoms with Gasteiger partial charge in [0.05, 0.1) is 11.0 Å². The van der Waals surface area contributed by atoms with Crippen molar-refractivity contribution in [3.63, 3.8) is 0 Å². The molecule has 1 N–H and O–H groups in total. The van der Waals surface area contributed by atoms with E-state index in [1.807, 2.05) is 20.8 Å². The molecule has 1 heterocycles. The number of non-ortho nitro benzene ring substituents is 1. The van der Waals surface area contributed by atoms with Crippen LogP contribution in [0.4, 0.5) is 15.9 Å². The first kappa shape index (κ1) is 14.2. The maximum absolute atomic E-state index is 13.5. The van der Waals surface area contributed by atoms with Gasteiger partial charge in [0.1, 0.15) is 11.6 Å². The van der Waals surface area contributed by atoms with Gasteiger partial charge in [0.15, 0.2) is 5.52 Å². The second-order valence-electron chi connectivity index (χ2n) is 4.86. The minimum absolute atomic E-state index is 0.184. The number of anilines is 1. The average Bonchev–Trinajstić information content (AvgIpc) is 2.37. The zero-order valence-corrected chi connectivity index (χ0v) is 11.6. The summed E-state index contributed by atoms with van der Waals surface area (Å²) in [6.45, 7) is 6.58. The number of pyridine rings is 1. The van der Waals surface area contributed by atoms with Crippen LogP contribution >= 0.6 is 0 Å². The molecule has 0 aliphatic rings. The largest absolute Gasteiger partial charge is 0.370 e. The van der Waals surface area contributed by atoms with E-state index in [2.05, 4.69) is 10.3 Å². The zero-order valence-electron chi connectivity index (χ0n) is 11.6. The van der Waals surface area contributed by atoms with Gasteiger partial charge in [-0.2, -0.15) is 0 Å². The van der Waals surface area contributed by atoms with Crippen LogP contribution in [0.2, 0.25) is 0 Å². The standard InChI is InChI=1S/C14H16FN3O2/c1-4-16-14-11(8(2)3)6-9-5-10(15)7-12(18(19)20)13(9)17-14/h5-8H,4H2,1-3H3,(H,16,17). The highest BCUT2D eigenvalue weighted by Gasteiger charge is 2.19. The summed E-state index contributed by atoms with van der Waals surface area (Å²) in [7, 11) is 0. The van der Waals surface area contributed by atoms with Crippen LogP contribution in [0.3, 0.4) is 0 Å². The molecule has 20 heavy (non-hydrogen) atoms. The first-order chi connectivity index (χ1) is 9.43. The molecule has 0 spiro atoms. The second-order valence-corrected chi connectivity index (χ2v) is 4.86. The summed E-state index contributed by atoms with van der Waals surface area (Å²) < 4.78 is 13.5. The molecule has 0 saturated heterocycles. The number of halogens is 1. The van der Waals surface area contributed by atoms with E-state index in [9.17, 15) is 14.5 Å². The Bertz CT molecular complexity index is 671. The number of hydrogen-bond acceptors (Lipinski definition) is 4. The third-order valence-corrected chi connectivity index (χ3v) is 3.06. The second kappa shape index (κ2) is 5.40. The van der Waals surface area contributed by atoms with Crippen LogP contribution in [-0.2, 0) is 0 Å². The van der Waals surface area contributed by atoms with Crippen molar-refractivity contribution in [3.05, 3.63) is 39.7 Å². The lowest BCUT2D eigenvalue weighted by atomic mass is 10.0. The SMILES string of the molecule is CCNc1nc2c([N+](=O)[O-])cc(F)cc2cc1C(C)C. The number of nitro benzene ring substituents is 1. The predicted molar refractivity (Wildman–Crippen MR) is 76.6 cm³/mol. The van der Waals surface area contributed by atoms with Crippen LogP contribution in [0.5, 0.6) is 0 Å². The Morgan fingerprint density at radius 3 is 2.65 bits per heavy atom. The number of fused-ring (bicyclic) bond motifs is 1. The van der Waals surface area contributed by atoms with Gasteiger partial charge in [-0.05, 0) is 30.5 Å². The van der Waals surface area contributed by atoms with E-state index in [0.29, 0.717) is 17.7 Å². The van der Waals surface area contributed by atoms with Crippen LogP contribution < -0.4 is 5.32 Å². The fraction of sp³-hybridized carbons (Fsp3) is 0.357. The molecule has 0 radical (unpaired) electrons. The van der Waals surface area contributed by atoms with E-state index in [4.69, 9.17) is 0 Å². The fourth-order valence-corrected chi connectivity index (χ4v) is 2.14. The summed E-state index contributed by atoms with van der Waals surface area (Å²) >= 11 is 0. The van der Waals surface area contributed by atoms with Crippen molar-refractivity contribution in [2.45, 2.75) is 26.7 Å². The number of benzene rings is 1. The van der Waals surface area contributed by atoms with Crippen molar-refractivity contribution >= 4 is 22.4 Å². The molecule has 0 saturated carbocycles. The zero-order chi connectivity index (χ0) is 14.9. The van der Waals surface area contributed by atoms with E-state index in [1.165, 1.54) is 6.07 Å². The van der Waals surface area contributed by atoms with Gasteiger partial charge in [-0.1, -0.05) is 13.8 Å². The number of nitrogens with one attached hydrogen (secondary N) is 1. The van der Waals surface area contributed by atoms with Gasteiger partial charge in [0.2, 0.25) is 0 Å². The Labute approximate surface area is 116 Å². The van der Waals surface area contributed by atoms with Gasteiger partial charge in [-0.25, -0.2) is 9.37 Å². The van der Waals surface area contributed by atoms with Gasteiger partial charge in [-0.15, -0.1) is 0 Å². The lowest BCUT2D eigenvalue weighted by molar-refractivity contribution is -0.383. The summed E-state index contributed by atoms with van der Waals surface area (Å²) in [5.74, 6) is 0.171. The lowest BCUT2D eigenvalue weighted by Crippen LogP contribution is -2.06. The third kappa shape index (κ3) is 2.54. The van der Waals surface area contributed by atoms with Crippen molar-refractivity contribution in [1.82, 2.24) is 4.98 Å². The number of hydrogen-bond donors (Lipinski definition) is 1. The molecule has 0 bridgehead atoms. The van der Waals surface area contributed by atoms with E-state index in [0.717, 1.165) is 11.6 Å². The molecule has 1 aromatic heterocycles. The number of rotatable bonds is 4. The summed E-state index contributed by atoms with van der Waals surface area (Å²) in [5, 5.41) is 14.6. The van der Waals surface area contributed by atoms with Gasteiger partial charge in [0, 0.05) is 11.9 Å². The quantitative estimate of drug-likeness (QED) is 0.681. The molecule has 1 aromatic carbocycles. The molecule has 5 nitrogen and oxygen atoms in total. The molecule has 2 rings (SSSR count). The minimum Gasteiger partial charge on any atom is -0.370 e. The normalized spacial score (nSPS) is 11.1. The van der Waals surface area contributed by atoms with Gasteiger partial charge < -0.3 is 5.32 Å². The van der Waals surface area contributed by atoms with Gasteiger partial charge in [0.25, 0.3) is 5.69 Å². The smallest absolute Gasteiger partial charge is 0.298 e. The highest BCUT2D eigenvalue weighted by molar-refractivity contribution is 5.89. The molecular weight excluding hydrogens is 261 g/mol. The average molecular weight is 277 g/mol. The molecular formula is C14H16FN3O2. The van der Waals surface area contributed by atoms with Crippen LogP contribution in [0, 0.1) is 15.9 Å². The molecule has 106 valence electrons. The summed E-state index contributed by atoms with van der Waals surface area (Å²) in [5.41, 5.74) is 0.811. The molecule has 0 atom stereocenters. The number of nitrogens with zero attached hydrogens (tertiary/aromatic N) is 2. The Hall–Kier alpha value is -2.24. The minimum atomic E-state index is -0.628. The van der Waals surface area contributed by atoms with Crippen LogP contribution in [0.1, 0.15) is 32.3 Å². The molecule has 6 heteroatoms. The molecule has 0 amide bonds. The Balaban J connectivity index is 2.79. The van der Waals surface area contributed by atoms with Gasteiger partial charge in [-0.3, -0.25) is 10.1 Å². The molecule has 0 aliphatic carbocycles. The van der Waals surface area contributed by atoms with Crippen LogP contribution in [0.25, 0.3) is 10.9 Å². The summed E-state index contributed by atoms with van der Waals surface area (Å²) in [6, 6.07) is 3.94. The number of aromatic nitrogens is 1. The highest BCUT2D eigenvalue weighted by atomic mass is 19.1. The van der Waals surface area contributed by atoms with E-state index >= 15 is 0 Å². The van der Waals surface area contributed by atoms with Crippen LogP contribution in [-0.4, -0.2) is 16.5 Å². The van der Waals surface area contributed by atoms with E-state index in [1.54, 1.807) is 6.07 Å². The molecule has 0 aliphatic heterocycles. The van der Waals surface area contributed by atoms with E-state index in [-0.39, 0.29) is 17.1 Å². The van der Waals surface area contributed by atoms with Crippen molar-refractivity contribution in [3.8, 4) is 0 Å². The van der Waals surface area contributed by atoms with Crippen molar-refractivity contribution in [1.29, 1.82) is 0 Å². The summed E-state index contributed by atoms with van der Waals surface area (Å²) in [6.07, 6.45) is 0. The maximum atomic E-state index is 13.5. The molecule has 0 fully saturated rings. The van der Waals surface area contributed by atoms with Crippen LogP contribution in [0.15, 0.2) is 18.2 Å². The lowest BCUT2D eigenvalue weighted by Gasteiger charge is -2.14. The third-order valence-electron chi connectivity index (χ3n) is 3.06. The Morgan fingerprint density at radius 1 is 1.40 bits per heavy atom. The monoisotopic (exact) mass is 277 g/mol. The Kier molecular flexibility index (Phi) is 3.83. The van der Waals surface area contributed by atoms with Crippen molar-refractivity contribution < 1.29 is 9.31 Å². The van der Waals surface area contributed by atoms with Crippen molar-refractivity contribution in [2.75, 3.05) is 11.9 Å².